The first kappa shape index (κ1) is 12.6. The van der Waals surface area contributed by atoms with E-state index < -0.39 is 5.82 Å². The molecule has 1 heterocycles. The van der Waals surface area contributed by atoms with E-state index in [1.165, 1.54) is 18.2 Å². The Hall–Kier alpha value is -1.86. The number of aliphatic imine (C=N–C) groups is 1. The van der Waals surface area contributed by atoms with Crippen LogP contribution in [0.2, 0.25) is 0 Å². The first-order valence-electron chi connectivity index (χ1n) is 5.56. The maximum Gasteiger partial charge on any atom is 0.214 e. The molecule has 1 aromatic carbocycles. The van der Waals surface area contributed by atoms with Crippen molar-refractivity contribution >= 4 is 17.3 Å². The summed E-state index contributed by atoms with van der Waals surface area (Å²) in [6.45, 7) is 1.31. The number of anilines is 2. The summed E-state index contributed by atoms with van der Waals surface area (Å²) in [6.07, 6.45) is 0. The minimum Gasteiger partial charge on any atom is -0.739 e. The minimum atomic E-state index is -0.399. The Bertz CT molecular complexity index is 463. The lowest BCUT2D eigenvalue weighted by molar-refractivity contribution is 0.420. The summed E-state index contributed by atoms with van der Waals surface area (Å²) < 4.78 is 13.1. The Labute approximate surface area is 105 Å². The summed E-state index contributed by atoms with van der Waals surface area (Å²) in [5, 5.41) is 15.1. The Morgan fingerprint density at radius 2 is 2.22 bits per heavy atom. The summed E-state index contributed by atoms with van der Waals surface area (Å²) in [5.74, 6) is -0.0749. The molecule has 0 fully saturated rings. The van der Waals surface area contributed by atoms with Crippen LogP contribution >= 0.6 is 0 Å². The van der Waals surface area contributed by atoms with Gasteiger partial charge in [-0.2, -0.15) is 0 Å². The van der Waals surface area contributed by atoms with Crippen molar-refractivity contribution in [2.24, 2.45) is 4.99 Å². The molecule has 6 nitrogen and oxygen atoms in total. The highest BCUT2D eigenvalue weighted by Crippen LogP contribution is 2.27. The number of hydrogen-bond donors (Lipinski definition) is 2. The van der Waals surface area contributed by atoms with Crippen LogP contribution in [0.4, 0.5) is 15.8 Å². The molecule has 0 unspecified atom stereocenters. The molecule has 1 aromatic rings. The van der Waals surface area contributed by atoms with Crippen LogP contribution in [0.1, 0.15) is 0 Å². The zero-order valence-electron chi connectivity index (χ0n) is 10.3. The molecule has 0 saturated heterocycles. The topological polar surface area (TPSA) is 66.0 Å². The Morgan fingerprint density at radius 3 is 2.94 bits per heavy atom. The number of hydrogen-bond acceptors (Lipinski definition) is 4. The number of likely N-dealkylation sites (N-methyl/N-ethyl adjacent to an activating group) is 1. The van der Waals surface area contributed by atoms with E-state index in [0.717, 1.165) is 6.54 Å². The van der Waals surface area contributed by atoms with E-state index in [4.69, 9.17) is 0 Å². The Balaban J connectivity index is 2.11. The van der Waals surface area contributed by atoms with Gasteiger partial charge in [-0.3, -0.25) is 10.4 Å². The molecule has 7 heteroatoms. The lowest BCUT2D eigenvalue weighted by atomic mass is 10.2. The fourth-order valence-corrected chi connectivity index (χ4v) is 1.53. The standard InChI is InChI=1S/C11H15FN5O/c1-16(2)6-5-13-11-14-9-7-8(12)3-4-10(9)17(18)15-11/h3-4,7H,5-6H2,1-2H3,(H2,13,14,15)/q-1. The van der Waals surface area contributed by atoms with E-state index in [9.17, 15) is 9.60 Å². The third-order valence-electron chi connectivity index (χ3n) is 2.46. The van der Waals surface area contributed by atoms with Gasteiger partial charge in [0.05, 0.1) is 17.9 Å². The molecule has 1 aliphatic rings. The lowest BCUT2D eigenvalue weighted by Gasteiger charge is -2.38. The maximum absolute atomic E-state index is 13.1. The zero-order valence-corrected chi connectivity index (χ0v) is 10.3. The zero-order chi connectivity index (χ0) is 13.1. The predicted molar refractivity (Wildman–Crippen MR) is 69.9 cm³/mol. The number of nitrogens with zero attached hydrogens (tertiary/aromatic N) is 3. The van der Waals surface area contributed by atoms with E-state index >= 15 is 0 Å². The third-order valence-corrected chi connectivity index (χ3v) is 2.46. The largest absolute Gasteiger partial charge is 0.739 e. The number of benzene rings is 1. The van der Waals surface area contributed by atoms with Gasteiger partial charge in [0.1, 0.15) is 5.82 Å². The molecule has 2 N–H and O–H groups in total. The lowest BCUT2D eigenvalue weighted by Crippen LogP contribution is -2.46. The Morgan fingerprint density at radius 1 is 1.44 bits per heavy atom. The van der Waals surface area contributed by atoms with Crippen LogP contribution in [0.25, 0.3) is 0 Å². The summed E-state index contributed by atoms with van der Waals surface area (Å²) >= 11 is 0. The molecule has 0 aliphatic carbocycles. The average molecular weight is 252 g/mol. The van der Waals surface area contributed by atoms with Crippen LogP contribution < -0.4 is 15.9 Å². The number of guanidine groups is 1. The van der Waals surface area contributed by atoms with Gasteiger partial charge < -0.3 is 20.6 Å². The molecule has 2 rings (SSSR count). The normalized spacial score (nSPS) is 16.5. The molecule has 1 aliphatic heterocycles. The molecule has 18 heavy (non-hydrogen) atoms. The SMILES string of the molecule is CN(C)CCN=C1Nc2cc(F)ccc2N([O-])N1. The average Bonchev–Trinajstić information content (AvgIpc) is 2.27. The van der Waals surface area contributed by atoms with Gasteiger partial charge in [-0.15, -0.1) is 0 Å². The number of rotatable bonds is 3. The molecule has 0 bridgehead atoms. The molecule has 0 saturated carbocycles. The van der Waals surface area contributed by atoms with E-state index in [1.807, 2.05) is 19.0 Å². The molecular formula is C11H15FN5O-. The van der Waals surface area contributed by atoms with Crippen LogP contribution in [0.5, 0.6) is 0 Å². The van der Waals surface area contributed by atoms with Crippen LogP contribution in [0, 0.1) is 11.0 Å². The number of halogens is 1. The minimum absolute atomic E-state index is 0.324. The highest BCUT2D eigenvalue weighted by atomic mass is 19.1. The van der Waals surface area contributed by atoms with Crippen LogP contribution in [0.3, 0.4) is 0 Å². The van der Waals surface area contributed by atoms with Gasteiger partial charge in [0.25, 0.3) is 0 Å². The molecule has 0 radical (unpaired) electrons. The van der Waals surface area contributed by atoms with Crippen molar-refractivity contribution < 1.29 is 4.39 Å². The van der Waals surface area contributed by atoms with Gasteiger partial charge in [-0.1, -0.05) is 0 Å². The van der Waals surface area contributed by atoms with E-state index in [2.05, 4.69) is 15.7 Å². The van der Waals surface area contributed by atoms with Crippen molar-refractivity contribution in [3.8, 4) is 0 Å². The fraction of sp³-hybridized carbons (Fsp3) is 0.364. The molecule has 0 amide bonds. The first-order chi connectivity index (χ1) is 8.56. The second-order valence-corrected chi connectivity index (χ2v) is 4.23. The highest BCUT2D eigenvalue weighted by Gasteiger charge is 2.14. The second kappa shape index (κ2) is 5.19. The highest BCUT2D eigenvalue weighted by molar-refractivity contribution is 6.00. The first-order valence-corrected chi connectivity index (χ1v) is 5.56. The van der Waals surface area contributed by atoms with Crippen LogP contribution in [0.15, 0.2) is 23.2 Å². The second-order valence-electron chi connectivity index (χ2n) is 4.23. The van der Waals surface area contributed by atoms with Crippen molar-refractivity contribution in [2.75, 3.05) is 37.7 Å². The van der Waals surface area contributed by atoms with Crippen molar-refractivity contribution in [2.45, 2.75) is 0 Å². The fourth-order valence-electron chi connectivity index (χ4n) is 1.53. The van der Waals surface area contributed by atoms with Crippen molar-refractivity contribution in [3.63, 3.8) is 0 Å². The van der Waals surface area contributed by atoms with Gasteiger partial charge in [0.15, 0.2) is 0 Å². The molecule has 0 spiro atoms. The molecular weight excluding hydrogens is 237 g/mol. The predicted octanol–water partition coefficient (Wildman–Crippen LogP) is 0.978. The molecule has 0 aromatic heterocycles. The summed E-state index contributed by atoms with van der Waals surface area (Å²) in [4.78, 5) is 6.17. The smallest absolute Gasteiger partial charge is 0.214 e. The van der Waals surface area contributed by atoms with Crippen LogP contribution in [-0.2, 0) is 0 Å². The van der Waals surface area contributed by atoms with Crippen molar-refractivity contribution in [1.29, 1.82) is 0 Å². The number of fused-ring (bicyclic) bond motifs is 1. The van der Waals surface area contributed by atoms with Crippen molar-refractivity contribution in [1.82, 2.24) is 10.3 Å². The molecule has 0 atom stereocenters. The van der Waals surface area contributed by atoms with E-state index in [1.54, 1.807) is 0 Å². The van der Waals surface area contributed by atoms with Gasteiger partial charge in [0.2, 0.25) is 5.96 Å². The van der Waals surface area contributed by atoms with Crippen LogP contribution in [-0.4, -0.2) is 38.0 Å². The van der Waals surface area contributed by atoms with Gasteiger partial charge >= 0.3 is 0 Å². The van der Waals surface area contributed by atoms with Gasteiger partial charge in [-0.25, -0.2) is 4.39 Å². The van der Waals surface area contributed by atoms with Gasteiger partial charge in [-0.05, 0) is 32.3 Å². The van der Waals surface area contributed by atoms with Gasteiger partial charge in [0, 0.05) is 6.54 Å². The van der Waals surface area contributed by atoms with E-state index in [-0.39, 0.29) is 0 Å². The maximum atomic E-state index is 13.1. The molecule has 98 valence electrons. The summed E-state index contributed by atoms with van der Waals surface area (Å²) in [5.41, 5.74) is 3.29. The third kappa shape index (κ3) is 2.88. The monoisotopic (exact) mass is 252 g/mol. The van der Waals surface area contributed by atoms with E-state index in [0.29, 0.717) is 29.1 Å². The van der Waals surface area contributed by atoms with Crippen molar-refractivity contribution in [3.05, 3.63) is 29.2 Å². The Kier molecular flexibility index (Phi) is 3.63. The number of nitrogens with one attached hydrogen (secondary N) is 2. The quantitative estimate of drug-likeness (QED) is 0.839. The number of hydrazine groups is 1. The summed E-state index contributed by atoms with van der Waals surface area (Å²) in [6, 6.07) is 3.91. The summed E-state index contributed by atoms with van der Waals surface area (Å²) in [7, 11) is 3.87.